The van der Waals surface area contributed by atoms with Gasteiger partial charge in [0.15, 0.2) is 0 Å². The van der Waals surface area contributed by atoms with Gasteiger partial charge in [-0.15, -0.1) is 0 Å². The van der Waals surface area contributed by atoms with E-state index in [0.717, 1.165) is 0 Å². The normalized spacial score (nSPS) is 14.2. The van der Waals surface area contributed by atoms with Gasteiger partial charge in [-0.25, -0.2) is 8.78 Å². The molecule has 2 amide bonds. The molecule has 3 rings (SSSR count). The van der Waals surface area contributed by atoms with E-state index in [0.29, 0.717) is 37.4 Å². The summed E-state index contributed by atoms with van der Waals surface area (Å²) in [5.41, 5.74) is 0.807. The Bertz CT molecular complexity index is 805. The van der Waals surface area contributed by atoms with Crippen LogP contribution in [-0.2, 0) is 16.1 Å². The predicted molar refractivity (Wildman–Crippen MR) is 93.4 cm³/mol. The van der Waals surface area contributed by atoms with Gasteiger partial charge in [0.2, 0.25) is 0 Å². The predicted octanol–water partition coefficient (Wildman–Crippen LogP) is 1.93. The first-order valence-corrected chi connectivity index (χ1v) is 8.36. The van der Waals surface area contributed by atoms with Crippen LogP contribution >= 0.6 is 0 Å². The fraction of sp³-hybridized carbons (Fsp3) is 0.263. The van der Waals surface area contributed by atoms with E-state index in [4.69, 9.17) is 0 Å². The van der Waals surface area contributed by atoms with Crippen LogP contribution in [0.5, 0.6) is 0 Å². The summed E-state index contributed by atoms with van der Waals surface area (Å²) in [7, 11) is 0. The lowest BCUT2D eigenvalue weighted by atomic mass is 10.2. The standard InChI is InChI=1S/C19H19F2N3O2/c20-15-6-2-1-5-14(15)13-22-18(25)19(26)24-11-9-23(10-12-24)17-8-4-3-7-16(17)21/h1-8H,9-13H2,(H,22,25). The fourth-order valence-corrected chi connectivity index (χ4v) is 2.90. The number of halogens is 2. The molecule has 0 aromatic heterocycles. The molecular formula is C19H19F2N3O2. The molecule has 1 aliphatic heterocycles. The van der Waals surface area contributed by atoms with Crippen LogP contribution in [0.15, 0.2) is 48.5 Å². The van der Waals surface area contributed by atoms with Gasteiger partial charge in [0.1, 0.15) is 11.6 Å². The number of anilines is 1. The molecule has 1 heterocycles. The van der Waals surface area contributed by atoms with Crippen molar-refractivity contribution in [3.63, 3.8) is 0 Å². The van der Waals surface area contributed by atoms with Gasteiger partial charge in [0, 0.05) is 38.3 Å². The van der Waals surface area contributed by atoms with Gasteiger partial charge >= 0.3 is 11.8 Å². The van der Waals surface area contributed by atoms with Crippen LogP contribution in [0.25, 0.3) is 0 Å². The zero-order chi connectivity index (χ0) is 18.5. The Morgan fingerprint density at radius 1 is 0.885 bits per heavy atom. The van der Waals surface area contributed by atoms with E-state index in [9.17, 15) is 18.4 Å². The average Bonchev–Trinajstić information content (AvgIpc) is 2.67. The molecule has 0 atom stereocenters. The van der Waals surface area contributed by atoms with Crippen LogP contribution in [-0.4, -0.2) is 42.9 Å². The topological polar surface area (TPSA) is 52.7 Å². The van der Waals surface area contributed by atoms with Gasteiger partial charge in [-0.2, -0.15) is 0 Å². The molecule has 5 nitrogen and oxygen atoms in total. The Labute approximate surface area is 150 Å². The van der Waals surface area contributed by atoms with Gasteiger partial charge < -0.3 is 15.1 Å². The minimum Gasteiger partial charge on any atom is -0.366 e. The van der Waals surface area contributed by atoms with E-state index in [1.54, 1.807) is 36.4 Å². The third-order valence-electron chi connectivity index (χ3n) is 4.35. The van der Waals surface area contributed by atoms with Crippen molar-refractivity contribution >= 4 is 17.5 Å². The summed E-state index contributed by atoms with van der Waals surface area (Å²) in [6.45, 7) is 1.47. The van der Waals surface area contributed by atoms with E-state index in [1.165, 1.54) is 17.0 Å². The minimum atomic E-state index is -0.771. The van der Waals surface area contributed by atoms with Crippen LogP contribution in [0.2, 0.25) is 0 Å². The number of benzene rings is 2. The van der Waals surface area contributed by atoms with E-state index >= 15 is 0 Å². The third kappa shape index (κ3) is 3.99. The molecule has 1 fully saturated rings. The van der Waals surface area contributed by atoms with Crippen molar-refractivity contribution in [3.05, 3.63) is 65.7 Å². The summed E-state index contributed by atoms with van der Waals surface area (Å²) in [5.74, 6) is -2.17. The number of amides is 2. The summed E-state index contributed by atoms with van der Waals surface area (Å²) in [6, 6.07) is 12.5. The van der Waals surface area contributed by atoms with Crippen LogP contribution in [0, 0.1) is 11.6 Å². The third-order valence-corrected chi connectivity index (χ3v) is 4.35. The van der Waals surface area contributed by atoms with Crippen LogP contribution in [0.3, 0.4) is 0 Å². The van der Waals surface area contributed by atoms with Crippen molar-refractivity contribution in [1.29, 1.82) is 0 Å². The highest BCUT2D eigenvalue weighted by Crippen LogP contribution is 2.20. The van der Waals surface area contributed by atoms with Crippen LogP contribution in [0.1, 0.15) is 5.56 Å². The molecule has 0 aliphatic carbocycles. The van der Waals surface area contributed by atoms with Crippen molar-refractivity contribution in [3.8, 4) is 0 Å². The summed E-state index contributed by atoms with van der Waals surface area (Å²) in [5, 5.41) is 2.45. The second-order valence-electron chi connectivity index (χ2n) is 6.00. The van der Waals surface area contributed by atoms with Gasteiger partial charge in [0.25, 0.3) is 0 Å². The molecule has 0 spiro atoms. The Hall–Kier alpha value is -2.96. The van der Waals surface area contributed by atoms with E-state index in [2.05, 4.69) is 5.32 Å². The van der Waals surface area contributed by atoms with Crippen LogP contribution in [0.4, 0.5) is 14.5 Å². The maximum atomic E-state index is 13.8. The lowest BCUT2D eigenvalue weighted by Crippen LogP contribution is -2.52. The number of nitrogens with zero attached hydrogens (tertiary/aromatic N) is 2. The second-order valence-corrected chi connectivity index (χ2v) is 6.00. The number of piperazine rings is 1. The molecule has 1 saturated heterocycles. The minimum absolute atomic E-state index is 0.0492. The molecule has 1 N–H and O–H groups in total. The molecule has 0 bridgehead atoms. The quantitative estimate of drug-likeness (QED) is 0.852. The van der Waals surface area contributed by atoms with Gasteiger partial charge in [0.05, 0.1) is 5.69 Å². The molecule has 2 aromatic carbocycles. The summed E-state index contributed by atoms with van der Waals surface area (Å²) >= 11 is 0. The molecular weight excluding hydrogens is 340 g/mol. The van der Waals surface area contributed by atoms with Crippen LogP contribution < -0.4 is 10.2 Å². The molecule has 7 heteroatoms. The summed E-state index contributed by atoms with van der Waals surface area (Å²) < 4.78 is 27.4. The second kappa shape index (κ2) is 7.95. The zero-order valence-electron chi connectivity index (χ0n) is 14.1. The highest BCUT2D eigenvalue weighted by Gasteiger charge is 2.26. The van der Waals surface area contributed by atoms with E-state index < -0.39 is 17.6 Å². The molecule has 0 saturated carbocycles. The maximum Gasteiger partial charge on any atom is 0.312 e. The molecule has 26 heavy (non-hydrogen) atoms. The van der Waals surface area contributed by atoms with Crippen molar-refractivity contribution in [1.82, 2.24) is 10.2 Å². The largest absolute Gasteiger partial charge is 0.366 e. The zero-order valence-corrected chi connectivity index (χ0v) is 14.1. The van der Waals surface area contributed by atoms with Gasteiger partial charge in [-0.1, -0.05) is 30.3 Å². The smallest absolute Gasteiger partial charge is 0.312 e. The van der Waals surface area contributed by atoms with Crippen molar-refractivity contribution in [2.45, 2.75) is 6.54 Å². The molecule has 0 unspecified atom stereocenters. The highest BCUT2D eigenvalue weighted by atomic mass is 19.1. The van der Waals surface area contributed by atoms with E-state index in [-0.39, 0.29) is 12.4 Å². The average molecular weight is 359 g/mol. The number of nitrogens with one attached hydrogen (secondary N) is 1. The molecule has 2 aromatic rings. The number of hydrogen-bond acceptors (Lipinski definition) is 3. The molecule has 136 valence electrons. The molecule has 1 aliphatic rings. The fourth-order valence-electron chi connectivity index (χ4n) is 2.90. The summed E-state index contributed by atoms with van der Waals surface area (Å²) in [4.78, 5) is 27.5. The Balaban J connectivity index is 1.52. The maximum absolute atomic E-state index is 13.8. The van der Waals surface area contributed by atoms with Crippen molar-refractivity contribution in [2.75, 3.05) is 31.1 Å². The lowest BCUT2D eigenvalue weighted by Gasteiger charge is -2.35. The highest BCUT2D eigenvalue weighted by molar-refractivity contribution is 6.35. The van der Waals surface area contributed by atoms with E-state index in [1.807, 2.05) is 4.90 Å². The van der Waals surface area contributed by atoms with Crippen molar-refractivity contribution < 1.29 is 18.4 Å². The first-order chi connectivity index (χ1) is 12.6. The number of rotatable bonds is 3. The van der Waals surface area contributed by atoms with Gasteiger partial charge in [-0.3, -0.25) is 9.59 Å². The Morgan fingerprint density at radius 3 is 2.15 bits per heavy atom. The molecule has 0 radical (unpaired) electrons. The monoisotopic (exact) mass is 359 g/mol. The lowest BCUT2D eigenvalue weighted by molar-refractivity contribution is -0.146. The first kappa shape index (κ1) is 17.8. The Morgan fingerprint density at radius 2 is 1.50 bits per heavy atom. The van der Waals surface area contributed by atoms with Crippen molar-refractivity contribution in [2.24, 2.45) is 0 Å². The number of hydrogen-bond donors (Lipinski definition) is 1. The summed E-state index contributed by atoms with van der Waals surface area (Å²) in [6.07, 6.45) is 0. The number of para-hydroxylation sites is 1. The first-order valence-electron chi connectivity index (χ1n) is 8.36. The van der Waals surface area contributed by atoms with Gasteiger partial charge in [-0.05, 0) is 18.2 Å². The SMILES string of the molecule is O=C(NCc1ccccc1F)C(=O)N1CCN(c2ccccc2F)CC1. The number of carbonyl (C=O) groups is 2. The Kier molecular flexibility index (Phi) is 5.46. The number of carbonyl (C=O) groups excluding carboxylic acids is 2.